The number of esters is 1. The molecule has 6 rings (SSSR count). The van der Waals surface area contributed by atoms with Crippen LogP contribution in [0.4, 0.5) is 0 Å². The van der Waals surface area contributed by atoms with E-state index in [2.05, 4.69) is 10.1 Å². The molecule has 2 unspecified atom stereocenters. The third-order valence-corrected chi connectivity index (χ3v) is 9.83. The quantitative estimate of drug-likeness (QED) is 0.257. The van der Waals surface area contributed by atoms with E-state index in [1.807, 2.05) is 28.8 Å². The summed E-state index contributed by atoms with van der Waals surface area (Å²) in [6.07, 6.45) is 11.7. The predicted octanol–water partition coefficient (Wildman–Crippen LogP) is 4.85. The molecule has 2 aliphatic carbocycles. The maximum Gasteiger partial charge on any atom is 0.306 e. The number of morpholine rings is 1. The van der Waals surface area contributed by atoms with Crippen LogP contribution < -0.4 is 5.56 Å². The van der Waals surface area contributed by atoms with E-state index in [0.29, 0.717) is 30.4 Å². The molecular weight excluding hydrogens is 520 g/mol. The van der Waals surface area contributed by atoms with Crippen molar-refractivity contribution in [2.24, 2.45) is 17.0 Å². The summed E-state index contributed by atoms with van der Waals surface area (Å²) >= 11 is 0. The van der Waals surface area contributed by atoms with Gasteiger partial charge in [0.15, 0.2) is 5.69 Å². The zero-order valence-electron chi connectivity index (χ0n) is 24.5. The lowest BCUT2D eigenvalue weighted by molar-refractivity contribution is -0.142. The highest BCUT2D eigenvalue weighted by Crippen LogP contribution is 2.44. The second-order valence-electron chi connectivity index (χ2n) is 12.4. The molecule has 222 valence electrons. The first-order valence-corrected chi connectivity index (χ1v) is 15.7. The van der Waals surface area contributed by atoms with Crippen LogP contribution in [0.25, 0.3) is 11.0 Å². The summed E-state index contributed by atoms with van der Waals surface area (Å²) in [4.78, 5) is 39.0. The first-order chi connectivity index (χ1) is 20.1. The first-order valence-electron chi connectivity index (χ1n) is 15.7. The van der Waals surface area contributed by atoms with Gasteiger partial charge in [0.1, 0.15) is 12.8 Å². The lowest BCUT2D eigenvalue weighted by atomic mass is 9.75. The molecule has 0 amide bonds. The van der Waals surface area contributed by atoms with E-state index in [1.54, 1.807) is 6.92 Å². The SMILES string of the molecule is CCOC(=O)CCC(=NOC)c1nc2ccccc2n([C@H]2C[C@H]3COC[C@@H](C2)N3C2CC3CCCCC(C3)C2)c1=O. The molecule has 4 aliphatic rings. The van der Waals surface area contributed by atoms with Crippen molar-refractivity contribution in [3.63, 3.8) is 0 Å². The van der Waals surface area contributed by atoms with Crippen LogP contribution in [0.15, 0.2) is 34.2 Å². The van der Waals surface area contributed by atoms with Crippen molar-refractivity contribution in [1.29, 1.82) is 0 Å². The molecule has 9 heteroatoms. The van der Waals surface area contributed by atoms with Gasteiger partial charge in [0.25, 0.3) is 5.56 Å². The Morgan fingerprint density at radius 3 is 2.37 bits per heavy atom. The number of hydrogen-bond acceptors (Lipinski definition) is 8. The number of carbonyl (C=O) groups excluding carboxylic acids is 1. The summed E-state index contributed by atoms with van der Waals surface area (Å²) in [5, 5.41) is 4.15. The van der Waals surface area contributed by atoms with Crippen LogP contribution in [0, 0.1) is 11.8 Å². The van der Waals surface area contributed by atoms with Gasteiger partial charge in [-0.15, -0.1) is 0 Å². The molecule has 3 heterocycles. The summed E-state index contributed by atoms with van der Waals surface area (Å²) in [7, 11) is 1.45. The van der Waals surface area contributed by atoms with Crippen LogP contribution in [0.1, 0.15) is 89.3 Å². The molecule has 0 N–H and O–H groups in total. The molecule has 4 bridgehead atoms. The Labute approximate surface area is 242 Å². The van der Waals surface area contributed by atoms with Crippen molar-refractivity contribution < 1.29 is 19.1 Å². The zero-order valence-corrected chi connectivity index (χ0v) is 24.5. The summed E-state index contributed by atoms with van der Waals surface area (Å²) in [5.41, 5.74) is 2.02. The maximum atomic E-state index is 14.2. The molecule has 41 heavy (non-hydrogen) atoms. The molecule has 9 nitrogen and oxygen atoms in total. The van der Waals surface area contributed by atoms with Crippen molar-refractivity contribution in [3.8, 4) is 0 Å². The van der Waals surface area contributed by atoms with Gasteiger partial charge in [0.2, 0.25) is 0 Å². The molecule has 4 fully saturated rings. The summed E-state index contributed by atoms with van der Waals surface area (Å²) in [6, 6.07) is 9.09. The van der Waals surface area contributed by atoms with Gasteiger partial charge >= 0.3 is 5.97 Å². The Bertz CT molecular complexity index is 1300. The Balaban J connectivity index is 1.32. The molecule has 1 aromatic carbocycles. The van der Waals surface area contributed by atoms with Gasteiger partial charge in [-0.2, -0.15) is 0 Å². The highest BCUT2D eigenvalue weighted by atomic mass is 16.6. The van der Waals surface area contributed by atoms with Gasteiger partial charge in [0, 0.05) is 30.6 Å². The number of piperidine rings is 1. The largest absolute Gasteiger partial charge is 0.466 e. The van der Waals surface area contributed by atoms with Crippen molar-refractivity contribution in [3.05, 3.63) is 40.3 Å². The van der Waals surface area contributed by atoms with Crippen molar-refractivity contribution >= 4 is 22.7 Å². The van der Waals surface area contributed by atoms with Gasteiger partial charge in [-0.3, -0.25) is 14.5 Å². The number of carbonyl (C=O) groups is 1. The predicted molar refractivity (Wildman–Crippen MR) is 157 cm³/mol. The van der Waals surface area contributed by atoms with Gasteiger partial charge in [-0.05, 0) is 63.0 Å². The Hall–Kier alpha value is -2.78. The number of rotatable bonds is 8. The summed E-state index contributed by atoms with van der Waals surface area (Å²) in [5.74, 6) is 1.39. The number of hydrogen-bond donors (Lipinski definition) is 0. The standard InChI is InChI=1S/C32H44N4O5/c1-3-41-30(37)13-12-28(34-39-2)31-32(38)36(29-11-7-6-10-27(29)33-31)24-17-25-19-40-20-26(18-24)35(25)23-15-21-8-4-5-9-22(14-21)16-23/h6-7,10-11,21-26H,3-5,8-9,12-20H2,1-2H3/t21?,22?,23?,24-,25-,26+. The summed E-state index contributed by atoms with van der Waals surface area (Å²) in [6.45, 7) is 3.53. The van der Waals surface area contributed by atoms with E-state index in [-0.39, 0.29) is 36.1 Å². The number of aromatic nitrogens is 2. The minimum atomic E-state index is -0.333. The Morgan fingerprint density at radius 1 is 0.976 bits per heavy atom. The normalized spacial score (nSPS) is 30.5. The third-order valence-electron chi connectivity index (χ3n) is 9.83. The summed E-state index contributed by atoms with van der Waals surface area (Å²) < 4.78 is 13.2. The maximum absolute atomic E-state index is 14.2. The van der Waals surface area contributed by atoms with E-state index < -0.39 is 0 Å². The fourth-order valence-electron chi connectivity index (χ4n) is 8.31. The van der Waals surface area contributed by atoms with Crippen LogP contribution in [-0.2, 0) is 19.1 Å². The average Bonchev–Trinajstić information content (AvgIpc) is 3.13. The lowest BCUT2D eigenvalue weighted by Gasteiger charge is -2.54. The number of oxime groups is 1. The van der Waals surface area contributed by atoms with Crippen LogP contribution in [0.2, 0.25) is 0 Å². The van der Waals surface area contributed by atoms with Gasteiger partial charge in [0.05, 0.1) is 37.3 Å². The minimum absolute atomic E-state index is 0.0315. The third kappa shape index (κ3) is 5.93. The number of benzene rings is 1. The molecular formula is C32H44N4O5. The Kier molecular flexibility index (Phi) is 8.72. The Morgan fingerprint density at radius 2 is 1.68 bits per heavy atom. The van der Waals surface area contributed by atoms with E-state index in [1.165, 1.54) is 52.1 Å². The van der Waals surface area contributed by atoms with Gasteiger partial charge < -0.3 is 18.9 Å². The highest BCUT2D eigenvalue weighted by molar-refractivity contribution is 6.00. The smallest absolute Gasteiger partial charge is 0.306 e. The van der Waals surface area contributed by atoms with E-state index in [0.717, 1.165) is 48.9 Å². The van der Waals surface area contributed by atoms with Gasteiger partial charge in [-0.1, -0.05) is 43.0 Å². The van der Waals surface area contributed by atoms with Crippen LogP contribution in [0.3, 0.4) is 0 Å². The molecule has 2 saturated carbocycles. The molecule has 0 spiro atoms. The average molecular weight is 565 g/mol. The molecule has 1 aromatic heterocycles. The van der Waals surface area contributed by atoms with Crippen molar-refractivity contribution in [2.45, 2.75) is 102 Å². The second-order valence-corrected chi connectivity index (χ2v) is 12.4. The zero-order chi connectivity index (χ0) is 28.3. The fourth-order valence-corrected chi connectivity index (χ4v) is 8.31. The van der Waals surface area contributed by atoms with Crippen LogP contribution in [0.5, 0.6) is 0 Å². The minimum Gasteiger partial charge on any atom is -0.466 e. The van der Waals surface area contributed by atoms with Gasteiger partial charge in [-0.25, -0.2) is 4.98 Å². The van der Waals surface area contributed by atoms with E-state index in [9.17, 15) is 9.59 Å². The molecule has 2 saturated heterocycles. The van der Waals surface area contributed by atoms with E-state index in [4.69, 9.17) is 19.3 Å². The number of ether oxygens (including phenoxy) is 2. The molecule has 2 aliphatic heterocycles. The molecule has 2 aromatic rings. The number of nitrogens with zero attached hydrogens (tertiary/aromatic N) is 4. The molecule has 5 atom stereocenters. The highest BCUT2D eigenvalue weighted by Gasteiger charge is 2.46. The topological polar surface area (TPSA) is 95.2 Å². The van der Waals surface area contributed by atoms with Crippen LogP contribution in [-0.4, -0.2) is 71.2 Å². The van der Waals surface area contributed by atoms with Crippen molar-refractivity contribution in [2.75, 3.05) is 26.9 Å². The lowest BCUT2D eigenvalue weighted by Crippen LogP contribution is -2.62. The first kappa shape index (κ1) is 28.3. The monoisotopic (exact) mass is 564 g/mol. The van der Waals surface area contributed by atoms with Crippen molar-refractivity contribution in [1.82, 2.24) is 14.5 Å². The molecule has 0 radical (unpaired) electrons. The number of fused-ring (bicyclic) bond motifs is 5. The van der Waals surface area contributed by atoms with E-state index >= 15 is 0 Å². The fraction of sp³-hybridized carbons (Fsp3) is 0.688. The number of para-hydroxylation sites is 2. The van der Waals surface area contributed by atoms with Crippen LogP contribution >= 0.6 is 0 Å². The second kappa shape index (κ2) is 12.6.